The molecule has 0 atom stereocenters. The van der Waals surface area contributed by atoms with E-state index in [1.165, 1.54) is 4.68 Å². The molecule has 1 N–H and O–H groups in total. The number of benzene rings is 2. The van der Waals surface area contributed by atoms with Crippen LogP contribution in [-0.2, 0) is 24.9 Å². The Morgan fingerprint density at radius 3 is 2.61 bits per heavy atom. The van der Waals surface area contributed by atoms with Gasteiger partial charge in [-0.05, 0) is 18.1 Å². The van der Waals surface area contributed by atoms with Crippen LogP contribution in [0.4, 0.5) is 0 Å². The highest BCUT2D eigenvalue weighted by atomic mass is 16.1. The van der Waals surface area contributed by atoms with Crippen LogP contribution < -0.4 is 10.9 Å². The van der Waals surface area contributed by atoms with Gasteiger partial charge < -0.3 is 9.88 Å². The van der Waals surface area contributed by atoms with E-state index in [-0.39, 0.29) is 11.5 Å². The van der Waals surface area contributed by atoms with Crippen LogP contribution in [-0.4, -0.2) is 20.3 Å². The van der Waals surface area contributed by atoms with Crippen molar-refractivity contribution in [3.8, 4) is 0 Å². The standard InChI is InChI=1S/C22H22N4O2/c1-25-22(28)21-18(15-24-25)17-10-5-6-11-19(17)26(21)13-7-12-20(27)23-14-16-8-3-2-4-9-16/h2-6,8-11,15H,7,12-14H2,1H3,(H,23,27). The van der Waals surface area contributed by atoms with E-state index in [0.29, 0.717) is 31.4 Å². The van der Waals surface area contributed by atoms with Crippen molar-refractivity contribution in [1.29, 1.82) is 0 Å². The van der Waals surface area contributed by atoms with Crippen molar-refractivity contribution < 1.29 is 4.79 Å². The van der Waals surface area contributed by atoms with E-state index < -0.39 is 0 Å². The zero-order chi connectivity index (χ0) is 19.5. The highest BCUT2D eigenvalue weighted by molar-refractivity contribution is 6.07. The zero-order valence-corrected chi connectivity index (χ0v) is 15.8. The first-order chi connectivity index (χ1) is 13.6. The van der Waals surface area contributed by atoms with Gasteiger partial charge in [0.05, 0.1) is 6.20 Å². The van der Waals surface area contributed by atoms with Crippen molar-refractivity contribution >= 4 is 27.7 Å². The maximum atomic E-state index is 12.7. The van der Waals surface area contributed by atoms with Gasteiger partial charge in [-0.15, -0.1) is 0 Å². The molecule has 0 fully saturated rings. The smallest absolute Gasteiger partial charge is 0.291 e. The average molecular weight is 374 g/mol. The Morgan fingerprint density at radius 1 is 1.04 bits per heavy atom. The molecule has 142 valence electrons. The molecule has 28 heavy (non-hydrogen) atoms. The van der Waals surface area contributed by atoms with Crippen molar-refractivity contribution in [2.45, 2.75) is 25.9 Å². The van der Waals surface area contributed by atoms with Crippen molar-refractivity contribution in [1.82, 2.24) is 19.7 Å². The summed E-state index contributed by atoms with van der Waals surface area (Å²) in [6.07, 6.45) is 2.80. The van der Waals surface area contributed by atoms with Crippen LogP contribution in [0, 0.1) is 0 Å². The second-order valence-electron chi connectivity index (χ2n) is 6.87. The fourth-order valence-corrected chi connectivity index (χ4v) is 3.56. The fourth-order valence-electron chi connectivity index (χ4n) is 3.56. The van der Waals surface area contributed by atoms with Crippen molar-refractivity contribution in [3.05, 3.63) is 76.7 Å². The lowest BCUT2D eigenvalue weighted by atomic mass is 10.2. The molecule has 0 bridgehead atoms. The van der Waals surface area contributed by atoms with Crippen LogP contribution in [0.3, 0.4) is 0 Å². The number of nitrogens with one attached hydrogen (secondary N) is 1. The van der Waals surface area contributed by atoms with E-state index in [9.17, 15) is 9.59 Å². The molecule has 6 heteroatoms. The third-order valence-electron chi connectivity index (χ3n) is 4.98. The number of fused-ring (bicyclic) bond motifs is 3. The molecule has 0 spiro atoms. The summed E-state index contributed by atoms with van der Waals surface area (Å²) in [5.74, 6) is 0.0131. The lowest BCUT2D eigenvalue weighted by molar-refractivity contribution is -0.121. The minimum Gasteiger partial charge on any atom is -0.352 e. The van der Waals surface area contributed by atoms with Crippen molar-refractivity contribution in [2.75, 3.05) is 0 Å². The lowest BCUT2D eigenvalue weighted by Gasteiger charge is -2.08. The zero-order valence-electron chi connectivity index (χ0n) is 15.8. The van der Waals surface area contributed by atoms with Gasteiger partial charge in [-0.1, -0.05) is 48.5 Å². The van der Waals surface area contributed by atoms with Gasteiger partial charge >= 0.3 is 0 Å². The number of carbonyl (C=O) groups excluding carboxylic acids is 1. The molecule has 2 aromatic carbocycles. The summed E-state index contributed by atoms with van der Waals surface area (Å²) in [5, 5.41) is 8.97. The highest BCUT2D eigenvalue weighted by Gasteiger charge is 2.14. The van der Waals surface area contributed by atoms with E-state index in [1.54, 1.807) is 13.2 Å². The molecule has 0 saturated carbocycles. The second kappa shape index (κ2) is 7.68. The van der Waals surface area contributed by atoms with E-state index in [2.05, 4.69) is 10.4 Å². The molecule has 4 aromatic rings. The number of hydrogen-bond donors (Lipinski definition) is 1. The van der Waals surface area contributed by atoms with E-state index in [4.69, 9.17) is 0 Å². The summed E-state index contributed by atoms with van der Waals surface area (Å²) >= 11 is 0. The minimum atomic E-state index is -0.123. The summed E-state index contributed by atoms with van der Waals surface area (Å²) in [5.41, 5.74) is 2.59. The van der Waals surface area contributed by atoms with Crippen LogP contribution in [0.1, 0.15) is 18.4 Å². The number of hydrogen-bond acceptors (Lipinski definition) is 3. The molecular weight excluding hydrogens is 352 g/mol. The summed E-state index contributed by atoms with van der Waals surface area (Å²) in [6, 6.07) is 17.8. The van der Waals surface area contributed by atoms with Gasteiger partial charge in [-0.25, -0.2) is 4.68 Å². The third kappa shape index (κ3) is 3.41. The van der Waals surface area contributed by atoms with Crippen LogP contribution in [0.5, 0.6) is 0 Å². The highest BCUT2D eigenvalue weighted by Crippen LogP contribution is 2.26. The number of para-hydroxylation sites is 1. The molecule has 0 radical (unpaired) electrons. The fraction of sp³-hybridized carbons (Fsp3) is 0.227. The largest absolute Gasteiger partial charge is 0.352 e. The molecule has 0 aliphatic heterocycles. The maximum Gasteiger partial charge on any atom is 0.291 e. The molecule has 4 rings (SSSR count). The van der Waals surface area contributed by atoms with Gasteiger partial charge in [0.25, 0.3) is 5.56 Å². The predicted octanol–water partition coefficient (Wildman–Crippen LogP) is 2.98. The van der Waals surface area contributed by atoms with E-state index >= 15 is 0 Å². The van der Waals surface area contributed by atoms with Gasteiger partial charge in [0, 0.05) is 42.8 Å². The number of nitrogens with zero attached hydrogens (tertiary/aromatic N) is 3. The van der Waals surface area contributed by atoms with Gasteiger partial charge in [-0.2, -0.15) is 5.10 Å². The van der Waals surface area contributed by atoms with Crippen molar-refractivity contribution in [3.63, 3.8) is 0 Å². The Morgan fingerprint density at radius 2 is 1.79 bits per heavy atom. The first-order valence-electron chi connectivity index (χ1n) is 9.39. The summed E-state index contributed by atoms with van der Waals surface area (Å²) in [7, 11) is 1.65. The van der Waals surface area contributed by atoms with Gasteiger partial charge in [0.15, 0.2) is 0 Å². The molecule has 2 heterocycles. The molecule has 1 amide bonds. The summed E-state index contributed by atoms with van der Waals surface area (Å²) < 4.78 is 3.36. The van der Waals surface area contributed by atoms with E-state index in [1.807, 2.05) is 59.2 Å². The molecule has 0 aliphatic rings. The molecule has 0 unspecified atom stereocenters. The Bertz CT molecular complexity index is 1190. The average Bonchev–Trinajstić information content (AvgIpc) is 3.04. The lowest BCUT2D eigenvalue weighted by Crippen LogP contribution is -2.23. The van der Waals surface area contributed by atoms with Crippen molar-refractivity contribution in [2.24, 2.45) is 7.05 Å². The minimum absolute atomic E-state index is 0.0131. The van der Waals surface area contributed by atoms with Gasteiger partial charge in [-0.3, -0.25) is 9.59 Å². The quantitative estimate of drug-likeness (QED) is 0.564. The predicted molar refractivity (Wildman–Crippen MR) is 110 cm³/mol. The molecule has 0 aliphatic carbocycles. The summed E-state index contributed by atoms with van der Waals surface area (Å²) in [4.78, 5) is 24.9. The Balaban J connectivity index is 1.50. The number of rotatable bonds is 6. The number of aromatic nitrogens is 3. The molecule has 0 saturated heterocycles. The first-order valence-corrected chi connectivity index (χ1v) is 9.39. The normalized spacial score (nSPS) is 11.2. The van der Waals surface area contributed by atoms with Gasteiger partial charge in [0.1, 0.15) is 5.52 Å². The number of carbonyl (C=O) groups is 1. The third-order valence-corrected chi connectivity index (χ3v) is 4.98. The first kappa shape index (κ1) is 18.0. The molecular formula is C22H22N4O2. The summed E-state index contributed by atoms with van der Waals surface area (Å²) in [6.45, 7) is 1.13. The van der Waals surface area contributed by atoms with Crippen LogP contribution >= 0.6 is 0 Å². The molecule has 6 nitrogen and oxygen atoms in total. The van der Waals surface area contributed by atoms with Crippen LogP contribution in [0.2, 0.25) is 0 Å². The number of amides is 1. The Labute approximate surface area is 162 Å². The van der Waals surface area contributed by atoms with Crippen LogP contribution in [0.15, 0.2) is 65.6 Å². The van der Waals surface area contributed by atoms with Crippen LogP contribution in [0.25, 0.3) is 21.8 Å². The second-order valence-corrected chi connectivity index (χ2v) is 6.87. The SMILES string of the molecule is Cn1ncc2c3ccccc3n(CCCC(=O)NCc3ccccc3)c2c1=O. The maximum absolute atomic E-state index is 12.7. The monoisotopic (exact) mass is 374 g/mol. The number of aryl methyl sites for hydroxylation is 2. The van der Waals surface area contributed by atoms with E-state index in [0.717, 1.165) is 21.9 Å². The van der Waals surface area contributed by atoms with Gasteiger partial charge in [0.2, 0.25) is 5.91 Å². The topological polar surface area (TPSA) is 68.9 Å². The Kier molecular flexibility index (Phi) is 4.93. The Hall–Kier alpha value is -3.41. The molecule has 2 aromatic heterocycles.